The fraction of sp³-hybridized carbons (Fsp3) is 0.231. The number of amides is 1. The van der Waals surface area contributed by atoms with Gasteiger partial charge in [-0.15, -0.1) is 0 Å². The molecule has 1 fully saturated rings. The van der Waals surface area contributed by atoms with Gasteiger partial charge in [0.2, 0.25) is 5.91 Å². The number of fused-ring (bicyclic) bond motifs is 2. The largest absolute Gasteiger partial charge is 0.492 e. The van der Waals surface area contributed by atoms with E-state index in [-0.39, 0.29) is 11.9 Å². The van der Waals surface area contributed by atoms with Crippen LogP contribution in [-0.2, 0) is 4.79 Å². The number of carbonyl (C=O) groups is 1. The lowest BCUT2D eigenvalue weighted by Gasteiger charge is -2.31. The Morgan fingerprint density at radius 3 is 2.34 bits per heavy atom. The van der Waals surface area contributed by atoms with Crippen molar-refractivity contribution in [1.82, 2.24) is 4.90 Å². The van der Waals surface area contributed by atoms with E-state index in [1.54, 1.807) is 11.8 Å². The van der Waals surface area contributed by atoms with Gasteiger partial charge in [0.25, 0.3) is 0 Å². The SMILES string of the molecule is CCOc1ccccc1N=C1SCC(C)N1C(=O)C1c2ccccc2Oc2ccccc21. The molecule has 5 rings (SSSR count). The minimum absolute atomic E-state index is 0.0124. The van der Waals surface area contributed by atoms with E-state index >= 15 is 0 Å². The Hall–Kier alpha value is -3.25. The average molecular weight is 445 g/mol. The molecule has 6 heteroatoms. The minimum Gasteiger partial charge on any atom is -0.492 e. The normalized spacial score (nSPS) is 18.8. The maximum absolute atomic E-state index is 14.1. The van der Waals surface area contributed by atoms with Crippen molar-refractivity contribution in [3.8, 4) is 17.2 Å². The number of aliphatic imine (C=N–C) groups is 1. The van der Waals surface area contributed by atoms with E-state index in [9.17, 15) is 4.79 Å². The topological polar surface area (TPSA) is 51.1 Å². The third-order valence-corrected chi connectivity index (χ3v) is 6.84. The summed E-state index contributed by atoms with van der Waals surface area (Å²) in [4.78, 5) is 20.8. The van der Waals surface area contributed by atoms with E-state index in [1.165, 1.54) is 0 Å². The average Bonchev–Trinajstić information content (AvgIpc) is 3.18. The predicted molar refractivity (Wildman–Crippen MR) is 128 cm³/mol. The highest BCUT2D eigenvalue weighted by Crippen LogP contribution is 2.46. The van der Waals surface area contributed by atoms with E-state index in [0.717, 1.165) is 39.8 Å². The van der Waals surface area contributed by atoms with Gasteiger partial charge < -0.3 is 9.47 Å². The van der Waals surface area contributed by atoms with Crippen molar-refractivity contribution >= 4 is 28.5 Å². The van der Waals surface area contributed by atoms with E-state index in [2.05, 4.69) is 6.92 Å². The molecule has 32 heavy (non-hydrogen) atoms. The molecule has 0 saturated carbocycles. The first-order valence-electron chi connectivity index (χ1n) is 10.8. The Morgan fingerprint density at radius 2 is 1.66 bits per heavy atom. The number of hydrogen-bond donors (Lipinski definition) is 0. The van der Waals surface area contributed by atoms with Gasteiger partial charge in [-0.3, -0.25) is 9.69 Å². The molecule has 2 aliphatic heterocycles. The summed E-state index contributed by atoms with van der Waals surface area (Å²) in [6.45, 7) is 4.58. The Kier molecular flexibility index (Phi) is 5.62. The first kappa shape index (κ1) is 20.6. The van der Waals surface area contributed by atoms with Crippen LogP contribution in [0.5, 0.6) is 17.2 Å². The van der Waals surface area contributed by atoms with Crippen LogP contribution in [0.25, 0.3) is 0 Å². The van der Waals surface area contributed by atoms with Gasteiger partial charge in [0.15, 0.2) is 5.17 Å². The van der Waals surface area contributed by atoms with Gasteiger partial charge in [-0.1, -0.05) is 60.3 Å². The summed E-state index contributed by atoms with van der Waals surface area (Å²) < 4.78 is 11.8. The molecule has 2 heterocycles. The van der Waals surface area contributed by atoms with Gasteiger partial charge in [-0.05, 0) is 38.1 Å². The predicted octanol–water partition coefficient (Wildman–Crippen LogP) is 5.97. The number of ether oxygens (including phenoxy) is 2. The molecular weight excluding hydrogens is 420 g/mol. The Bertz CT molecular complexity index is 1150. The molecule has 0 aliphatic carbocycles. The number of para-hydroxylation sites is 4. The maximum Gasteiger partial charge on any atom is 0.241 e. The third kappa shape index (κ3) is 3.65. The summed E-state index contributed by atoms with van der Waals surface area (Å²) in [5.41, 5.74) is 2.50. The quantitative estimate of drug-likeness (QED) is 0.497. The molecule has 1 atom stereocenters. The van der Waals surface area contributed by atoms with Crippen LogP contribution < -0.4 is 9.47 Å². The van der Waals surface area contributed by atoms with E-state index in [1.807, 2.05) is 84.6 Å². The van der Waals surface area contributed by atoms with E-state index in [0.29, 0.717) is 11.8 Å². The second kappa shape index (κ2) is 8.71. The number of rotatable bonds is 4. The van der Waals surface area contributed by atoms with Crippen LogP contribution in [0.15, 0.2) is 77.8 Å². The molecule has 3 aromatic carbocycles. The zero-order valence-electron chi connectivity index (χ0n) is 18.0. The van der Waals surface area contributed by atoms with Crippen LogP contribution >= 0.6 is 11.8 Å². The Morgan fingerprint density at radius 1 is 1.03 bits per heavy atom. The molecule has 3 aromatic rings. The van der Waals surface area contributed by atoms with Crippen molar-refractivity contribution in [3.05, 3.63) is 83.9 Å². The Balaban J connectivity index is 1.57. The molecule has 1 amide bonds. The number of hydrogen-bond acceptors (Lipinski definition) is 5. The Labute approximate surface area is 192 Å². The molecule has 0 N–H and O–H groups in total. The molecule has 1 saturated heterocycles. The van der Waals surface area contributed by atoms with Crippen LogP contribution in [0, 0.1) is 0 Å². The van der Waals surface area contributed by atoms with Gasteiger partial charge >= 0.3 is 0 Å². The molecule has 0 spiro atoms. The van der Waals surface area contributed by atoms with Gasteiger partial charge in [-0.25, -0.2) is 4.99 Å². The van der Waals surface area contributed by atoms with Gasteiger partial charge in [0, 0.05) is 22.9 Å². The van der Waals surface area contributed by atoms with Crippen LogP contribution in [0.2, 0.25) is 0 Å². The molecule has 0 radical (unpaired) electrons. The lowest BCUT2D eigenvalue weighted by atomic mass is 9.86. The summed E-state index contributed by atoms with van der Waals surface area (Å²) in [7, 11) is 0. The van der Waals surface area contributed by atoms with Crippen molar-refractivity contribution in [2.45, 2.75) is 25.8 Å². The second-order valence-corrected chi connectivity index (χ2v) is 8.76. The molecule has 0 bridgehead atoms. The highest BCUT2D eigenvalue weighted by atomic mass is 32.2. The molecule has 162 valence electrons. The molecule has 2 aliphatic rings. The lowest BCUT2D eigenvalue weighted by Crippen LogP contribution is -2.41. The number of nitrogens with zero attached hydrogens (tertiary/aromatic N) is 2. The highest BCUT2D eigenvalue weighted by molar-refractivity contribution is 8.14. The number of amidine groups is 1. The summed E-state index contributed by atoms with van der Waals surface area (Å²) in [5, 5.41) is 0.705. The summed E-state index contributed by atoms with van der Waals surface area (Å²) in [5.74, 6) is 2.54. The lowest BCUT2D eigenvalue weighted by molar-refractivity contribution is -0.128. The van der Waals surface area contributed by atoms with Gasteiger partial charge in [0.05, 0.1) is 12.5 Å². The monoisotopic (exact) mass is 444 g/mol. The summed E-state index contributed by atoms with van der Waals surface area (Å²) >= 11 is 1.60. The van der Waals surface area contributed by atoms with Crippen LogP contribution in [0.3, 0.4) is 0 Å². The summed E-state index contributed by atoms with van der Waals surface area (Å²) in [6, 6.07) is 23.3. The van der Waals surface area contributed by atoms with Crippen molar-refractivity contribution in [1.29, 1.82) is 0 Å². The first-order chi connectivity index (χ1) is 15.7. The van der Waals surface area contributed by atoms with Gasteiger partial charge in [0.1, 0.15) is 22.9 Å². The van der Waals surface area contributed by atoms with Crippen molar-refractivity contribution in [3.63, 3.8) is 0 Å². The van der Waals surface area contributed by atoms with Crippen molar-refractivity contribution in [2.24, 2.45) is 4.99 Å². The van der Waals surface area contributed by atoms with Crippen molar-refractivity contribution < 1.29 is 14.3 Å². The van der Waals surface area contributed by atoms with Crippen LogP contribution in [-0.4, -0.2) is 34.4 Å². The fourth-order valence-corrected chi connectivity index (χ4v) is 5.28. The van der Waals surface area contributed by atoms with E-state index in [4.69, 9.17) is 14.5 Å². The number of benzene rings is 3. The number of carbonyl (C=O) groups excluding carboxylic acids is 1. The molecular formula is C26H24N2O3S. The van der Waals surface area contributed by atoms with Gasteiger partial charge in [-0.2, -0.15) is 0 Å². The second-order valence-electron chi connectivity index (χ2n) is 7.77. The third-order valence-electron chi connectivity index (χ3n) is 5.65. The van der Waals surface area contributed by atoms with Crippen LogP contribution in [0.4, 0.5) is 5.69 Å². The summed E-state index contributed by atoms with van der Waals surface area (Å²) in [6.07, 6.45) is 0. The molecule has 5 nitrogen and oxygen atoms in total. The molecule has 0 aromatic heterocycles. The first-order valence-corrected chi connectivity index (χ1v) is 11.8. The number of thioether (sulfide) groups is 1. The highest BCUT2D eigenvalue weighted by Gasteiger charge is 2.41. The maximum atomic E-state index is 14.1. The zero-order chi connectivity index (χ0) is 22.1. The van der Waals surface area contributed by atoms with Crippen LogP contribution in [0.1, 0.15) is 30.9 Å². The van der Waals surface area contributed by atoms with E-state index < -0.39 is 5.92 Å². The van der Waals surface area contributed by atoms with Crippen molar-refractivity contribution in [2.75, 3.05) is 12.4 Å². The fourth-order valence-electron chi connectivity index (χ4n) is 4.17. The smallest absolute Gasteiger partial charge is 0.241 e. The standard InChI is InChI=1S/C26H24N2O3S/c1-3-30-23-15-9-6-12-20(23)27-26-28(17(2)16-32-26)25(29)24-18-10-4-7-13-21(18)31-22-14-8-5-11-19(22)24/h4-15,17,24H,3,16H2,1-2H3. The zero-order valence-corrected chi connectivity index (χ0v) is 18.8. The molecule has 1 unspecified atom stereocenters. The minimum atomic E-state index is -0.440.